The van der Waals surface area contributed by atoms with E-state index in [0.717, 1.165) is 0 Å². The fourth-order valence-corrected chi connectivity index (χ4v) is 3.11. The summed E-state index contributed by atoms with van der Waals surface area (Å²) >= 11 is 12.1. The Morgan fingerprint density at radius 3 is 2.83 bits per heavy atom. The van der Waals surface area contributed by atoms with E-state index >= 15 is 4.39 Å². The Morgan fingerprint density at radius 1 is 1.30 bits per heavy atom. The summed E-state index contributed by atoms with van der Waals surface area (Å²) in [5.74, 6) is -1.42. The number of fused-ring (bicyclic) bond motifs is 1. The lowest BCUT2D eigenvalue weighted by molar-refractivity contribution is 0.0145. The van der Waals surface area contributed by atoms with Crippen molar-refractivity contribution in [3.05, 3.63) is 70.3 Å². The predicted molar refractivity (Wildman–Crippen MR) is 114 cm³/mol. The average Bonchev–Trinajstić information content (AvgIpc) is 2.71. The second-order valence-corrected chi connectivity index (χ2v) is 6.95. The lowest BCUT2D eigenvalue weighted by Gasteiger charge is -2.16. The molecule has 0 radical (unpaired) electrons. The zero-order valence-electron chi connectivity index (χ0n) is 15.8. The van der Waals surface area contributed by atoms with E-state index in [0.29, 0.717) is 21.7 Å². The van der Waals surface area contributed by atoms with Gasteiger partial charge >= 0.3 is 0 Å². The van der Waals surface area contributed by atoms with Gasteiger partial charge in [-0.1, -0.05) is 29.8 Å². The lowest BCUT2D eigenvalue weighted by atomic mass is 10.0. The number of aromatic nitrogens is 2. The Bertz CT molecular complexity index is 1110. The Hall–Kier alpha value is -2.94. The van der Waals surface area contributed by atoms with E-state index in [2.05, 4.69) is 27.6 Å². The molecular weight excluding hydrogens is 434 g/mol. The van der Waals surface area contributed by atoms with Gasteiger partial charge in [-0.25, -0.2) is 9.87 Å². The summed E-state index contributed by atoms with van der Waals surface area (Å²) in [4.78, 5) is 17.8. The van der Waals surface area contributed by atoms with Gasteiger partial charge in [0.15, 0.2) is 5.82 Å². The lowest BCUT2D eigenvalue weighted by Crippen LogP contribution is -2.26. The number of carbonyl (C=O) groups excluding carboxylic acids is 1. The third kappa shape index (κ3) is 4.79. The van der Waals surface area contributed by atoms with Gasteiger partial charge in [-0.2, -0.15) is 5.10 Å². The van der Waals surface area contributed by atoms with Crippen molar-refractivity contribution in [2.75, 3.05) is 18.5 Å². The number of benzene rings is 2. The van der Waals surface area contributed by atoms with Crippen molar-refractivity contribution in [2.45, 2.75) is 6.92 Å². The van der Waals surface area contributed by atoms with Gasteiger partial charge in [-0.05, 0) is 36.8 Å². The summed E-state index contributed by atoms with van der Waals surface area (Å²) in [6.45, 7) is 5.41. The number of ether oxygens (including phenoxy) is 1. The summed E-state index contributed by atoms with van der Waals surface area (Å²) in [5, 5.41) is 11.6. The number of anilines is 2. The van der Waals surface area contributed by atoms with Crippen LogP contribution < -0.4 is 10.8 Å². The monoisotopic (exact) mass is 450 g/mol. The number of hydroxylamine groups is 1. The molecule has 156 valence electrons. The second kappa shape index (κ2) is 9.71. The van der Waals surface area contributed by atoms with Gasteiger partial charge in [0.25, 0.3) is 5.91 Å². The molecule has 0 unspecified atom stereocenters. The molecule has 30 heavy (non-hydrogen) atoms. The normalized spacial score (nSPS) is 10.7. The number of hydrogen-bond acceptors (Lipinski definition) is 6. The van der Waals surface area contributed by atoms with Crippen LogP contribution in [0.15, 0.2) is 43.3 Å². The van der Waals surface area contributed by atoms with E-state index in [1.54, 1.807) is 19.1 Å². The highest BCUT2D eigenvalue weighted by molar-refractivity contribution is 6.36. The molecular formula is C20H17Cl2FN4O3. The van der Waals surface area contributed by atoms with Crippen molar-refractivity contribution in [3.8, 4) is 0 Å². The molecule has 1 amide bonds. The van der Waals surface area contributed by atoms with Crippen LogP contribution >= 0.6 is 23.2 Å². The molecule has 2 aromatic carbocycles. The maximum Gasteiger partial charge on any atom is 0.277 e. The first kappa shape index (κ1) is 21.8. The molecule has 10 heteroatoms. The van der Waals surface area contributed by atoms with Crippen LogP contribution in [0.4, 0.5) is 15.8 Å². The average molecular weight is 451 g/mol. The van der Waals surface area contributed by atoms with Crippen LogP contribution in [0.5, 0.6) is 0 Å². The number of nitrogens with zero attached hydrogens (tertiary/aromatic N) is 2. The first-order chi connectivity index (χ1) is 14.4. The van der Waals surface area contributed by atoms with Crippen LogP contribution in [0.25, 0.3) is 10.9 Å². The summed E-state index contributed by atoms with van der Waals surface area (Å²) < 4.78 is 20.3. The second-order valence-electron chi connectivity index (χ2n) is 6.10. The number of carbonyl (C=O) groups is 1. The maximum atomic E-state index is 15.4. The molecule has 1 heterocycles. The molecule has 0 spiro atoms. The Kier molecular flexibility index (Phi) is 7.04. The van der Waals surface area contributed by atoms with Crippen molar-refractivity contribution in [3.63, 3.8) is 0 Å². The van der Waals surface area contributed by atoms with E-state index in [1.165, 1.54) is 24.6 Å². The van der Waals surface area contributed by atoms with Crippen molar-refractivity contribution >= 4 is 51.4 Å². The minimum absolute atomic E-state index is 0.00763. The predicted octanol–water partition coefficient (Wildman–Crippen LogP) is 4.95. The molecule has 0 fully saturated rings. The number of nitrogens with one attached hydrogen (secondary N) is 2. The smallest absolute Gasteiger partial charge is 0.277 e. The number of amides is 1. The SMILES string of the molecule is C=COCCONC(=O)c1cc2c(C)cnnc2c(F)c1Nc1ccc(Cl)cc1Cl. The largest absolute Gasteiger partial charge is 0.499 e. The van der Waals surface area contributed by atoms with Gasteiger partial charge in [-0.15, -0.1) is 5.10 Å². The molecule has 1 aromatic heterocycles. The number of halogens is 3. The van der Waals surface area contributed by atoms with Crippen LogP contribution in [-0.4, -0.2) is 29.3 Å². The van der Waals surface area contributed by atoms with Gasteiger partial charge in [0.2, 0.25) is 0 Å². The Labute approximate surface area is 181 Å². The van der Waals surface area contributed by atoms with Crippen molar-refractivity contribution in [1.29, 1.82) is 0 Å². The van der Waals surface area contributed by atoms with Crippen LogP contribution in [0.3, 0.4) is 0 Å². The number of hydrogen-bond donors (Lipinski definition) is 2. The molecule has 3 aromatic rings. The van der Waals surface area contributed by atoms with E-state index in [9.17, 15) is 4.79 Å². The Balaban J connectivity index is 2.02. The fraction of sp³-hybridized carbons (Fsp3) is 0.150. The van der Waals surface area contributed by atoms with Gasteiger partial charge in [0, 0.05) is 10.4 Å². The molecule has 0 bridgehead atoms. The first-order valence-corrected chi connectivity index (χ1v) is 9.49. The van der Waals surface area contributed by atoms with Crippen LogP contribution in [0.1, 0.15) is 15.9 Å². The van der Waals surface area contributed by atoms with Crippen molar-refractivity contribution in [1.82, 2.24) is 15.7 Å². The highest BCUT2D eigenvalue weighted by Crippen LogP contribution is 2.34. The number of aryl methyl sites for hydroxylation is 1. The summed E-state index contributed by atoms with van der Waals surface area (Å²) in [5.41, 5.74) is 3.16. The molecule has 0 aliphatic carbocycles. The van der Waals surface area contributed by atoms with Gasteiger partial charge < -0.3 is 10.1 Å². The van der Waals surface area contributed by atoms with Gasteiger partial charge in [0.05, 0.1) is 34.4 Å². The molecule has 0 aliphatic heterocycles. The van der Waals surface area contributed by atoms with Gasteiger partial charge in [0.1, 0.15) is 18.7 Å². The van der Waals surface area contributed by atoms with Crippen LogP contribution in [-0.2, 0) is 9.57 Å². The first-order valence-electron chi connectivity index (χ1n) is 8.73. The highest BCUT2D eigenvalue weighted by Gasteiger charge is 2.22. The standard InChI is InChI=1S/C20H17Cl2FN4O3/c1-3-29-6-7-30-27-20(28)14-9-13-11(2)10-24-26-19(13)17(23)18(14)25-16-5-4-12(21)8-15(16)22/h3-5,8-10,25H,1,6-7H2,2H3,(H,27,28). The quantitative estimate of drug-likeness (QED) is 0.287. The van der Waals surface area contributed by atoms with E-state index in [4.69, 9.17) is 32.8 Å². The zero-order chi connectivity index (χ0) is 21.7. The van der Waals surface area contributed by atoms with Crippen LogP contribution in [0.2, 0.25) is 10.0 Å². The minimum atomic E-state index is -0.755. The topological polar surface area (TPSA) is 85.4 Å². The van der Waals surface area contributed by atoms with E-state index in [1.807, 2.05) is 0 Å². The molecule has 0 saturated carbocycles. The van der Waals surface area contributed by atoms with E-state index < -0.39 is 11.7 Å². The summed E-state index contributed by atoms with van der Waals surface area (Å²) in [6.07, 6.45) is 2.74. The van der Waals surface area contributed by atoms with Crippen molar-refractivity contribution < 1.29 is 18.8 Å². The van der Waals surface area contributed by atoms with Crippen LogP contribution in [0, 0.1) is 12.7 Å². The fourth-order valence-electron chi connectivity index (χ4n) is 2.65. The third-order valence-electron chi connectivity index (χ3n) is 4.10. The summed E-state index contributed by atoms with van der Waals surface area (Å²) in [6, 6.07) is 6.16. The summed E-state index contributed by atoms with van der Waals surface area (Å²) in [7, 11) is 0. The van der Waals surface area contributed by atoms with Crippen molar-refractivity contribution in [2.24, 2.45) is 0 Å². The van der Waals surface area contributed by atoms with E-state index in [-0.39, 0.29) is 35.0 Å². The molecule has 2 N–H and O–H groups in total. The maximum absolute atomic E-state index is 15.4. The van der Waals surface area contributed by atoms with Gasteiger partial charge in [-0.3, -0.25) is 9.63 Å². The number of rotatable bonds is 8. The molecule has 0 aliphatic rings. The Morgan fingerprint density at radius 2 is 2.10 bits per heavy atom. The minimum Gasteiger partial charge on any atom is -0.499 e. The highest BCUT2D eigenvalue weighted by atomic mass is 35.5. The molecule has 0 saturated heterocycles. The molecule has 7 nitrogen and oxygen atoms in total. The third-order valence-corrected chi connectivity index (χ3v) is 4.64. The molecule has 3 rings (SSSR count). The zero-order valence-corrected chi connectivity index (χ0v) is 17.4. The molecule has 0 atom stereocenters.